The van der Waals surface area contributed by atoms with Gasteiger partial charge in [0.25, 0.3) is 0 Å². The molecule has 0 atom stereocenters. The molecule has 0 spiro atoms. The van der Waals surface area contributed by atoms with E-state index in [0.29, 0.717) is 0 Å². The quantitative estimate of drug-likeness (QED) is 0.100. The maximum Gasteiger partial charge on any atom is 2.00 e. The van der Waals surface area contributed by atoms with E-state index in [4.69, 9.17) is 0 Å². The topological polar surface area (TPSA) is 0 Å². The average Bonchev–Trinajstić information content (AvgIpc) is 3.30. The third kappa shape index (κ3) is 17.0. The Bertz CT molecular complexity index is 1890. The molecule has 0 N–H and O–H groups in total. The first-order valence-corrected chi connectivity index (χ1v) is 23.9. The van der Waals surface area contributed by atoms with E-state index in [1.54, 1.807) is 0 Å². The Balaban J connectivity index is 0.000000451. The zero-order chi connectivity index (χ0) is 38.7. The van der Waals surface area contributed by atoms with Crippen LogP contribution in [0.25, 0.3) is 0 Å². The third-order valence-corrected chi connectivity index (χ3v) is 17.8. The minimum absolute atomic E-state index is 0. The van der Waals surface area contributed by atoms with E-state index in [1.807, 2.05) is 0 Å². The summed E-state index contributed by atoms with van der Waals surface area (Å²) in [4.78, 5) is 0. The Hall–Kier alpha value is -3.66. The van der Waals surface area contributed by atoms with Crippen LogP contribution in [0.1, 0.15) is 0 Å². The van der Waals surface area contributed by atoms with Gasteiger partial charge in [0.1, 0.15) is 47.7 Å². The summed E-state index contributed by atoms with van der Waals surface area (Å²) in [6.07, 6.45) is 0. The molecule has 0 aliphatic carbocycles. The molecular formula is C54H48Cl5P3Ru. The molecule has 0 amide bonds. The van der Waals surface area contributed by atoms with E-state index in [2.05, 4.69) is 273 Å². The maximum absolute atomic E-state index is 2.24. The molecule has 9 heteroatoms. The monoisotopic (exact) mass is 1070 g/mol. The molecule has 9 rings (SSSR count). The molecular weight excluding hydrogens is 1020 g/mol. The van der Waals surface area contributed by atoms with Gasteiger partial charge in [-0.3, -0.25) is 0 Å². The first kappa shape index (κ1) is 57.4. The van der Waals surface area contributed by atoms with Gasteiger partial charge in [0.2, 0.25) is 0 Å². The second-order valence-corrected chi connectivity index (χ2v) is 20.9. The molecule has 0 aromatic heterocycles. The fraction of sp³-hybridized carbons (Fsp3) is 0. The van der Waals surface area contributed by atoms with Gasteiger partial charge in [-0.05, 0) is 109 Å². The smallest absolute Gasteiger partial charge is 1.00 e. The van der Waals surface area contributed by atoms with E-state index in [9.17, 15) is 0 Å². The number of hydrogen-bond donors (Lipinski definition) is 0. The van der Waals surface area contributed by atoms with Crippen molar-refractivity contribution in [1.82, 2.24) is 0 Å². The molecule has 0 nitrogen and oxygen atoms in total. The Kier molecular flexibility index (Phi) is 29.2. The minimum Gasteiger partial charge on any atom is -1.00 e. The maximum atomic E-state index is 2.24. The van der Waals surface area contributed by atoms with Gasteiger partial charge in [0.15, 0.2) is 0 Å². The molecule has 0 aliphatic rings. The SMILES string of the molecule is [Cl-].[Cl-].[Cl-].[Cl-].[Cl-].[Ru+2].c1ccc([PH+](c2ccccc2)c2ccccc2)cc1.c1ccc([PH+](c2ccccc2)c2ccccc2)cc1.c1ccc([PH+](c2ccccc2)c2ccccc2)cc1. The van der Waals surface area contributed by atoms with Crippen molar-refractivity contribution in [1.29, 1.82) is 0 Å². The van der Waals surface area contributed by atoms with Crippen LogP contribution in [0.15, 0.2) is 273 Å². The standard InChI is InChI=1S/3C18H15P.5ClH.Ru/c3*1-4-10-16(11-5-1)19(17-12-6-2-7-13-17)18-14-8-3-9-15-18;;;;;;/h3*1-15H;5*1H;/q;;;;;;;;+2/p-2. The predicted octanol–water partition coefficient (Wildman–Crippen LogP) is -5.45. The second-order valence-electron chi connectivity index (χ2n) is 13.4. The molecule has 0 radical (unpaired) electrons. The van der Waals surface area contributed by atoms with Crippen LogP contribution in [-0.2, 0) is 19.5 Å². The molecule has 9 aromatic carbocycles. The summed E-state index contributed by atoms with van der Waals surface area (Å²) in [5, 5.41) is 12.9. The Morgan fingerprint density at radius 1 is 0.143 bits per heavy atom. The summed E-state index contributed by atoms with van der Waals surface area (Å²) in [7, 11) is -2.63. The Morgan fingerprint density at radius 3 is 0.302 bits per heavy atom. The first-order valence-electron chi connectivity index (χ1n) is 19.4. The number of halogens is 5. The van der Waals surface area contributed by atoms with Crippen LogP contribution in [0.5, 0.6) is 0 Å². The van der Waals surface area contributed by atoms with Gasteiger partial charge >= 0.3 is 19.5 Å². The molecule has 9 aromatic rings. The summed E-state index contributed by atoms with van der Waals surface area (Å²) in [6, 6.07) is 97.5. The molecule has 63 heavy (non-hydrogen) atoms. The summed E-state index contributed by atoms with van der Waals surface area (Å²) >= 11 is 0. The minimum atomic E-state index is -0.877. The van der Waals surface area contributed by atoms with Gasteiger partial charge in [0.05, 0.1) is 23.8 Å². The molecule has 0 fully saturated rings. The third-order valence-electron chi connectivity index (χ3n) is 9.56. The van der Waals surface area contributed by atoms with Gasteiger partial charge in [-0.25, -0.2) is 0 Å². The predicted molar refractivity (Wildman–Crippen MR) is 260 cm³/mol. The van der Waals surface area contributed by atoms with E-state index >= 15 is 0 Å². The molecule has 0 unspecified atom stereocenters. The van der Waals surface area contributed by atoms with Crippen LogP contribution in [0.4, 0.5) is 0 Å². The van der Waals surface area contributed by atoms with Gasteiger partial charge in [-0.1, -0.05) is 164 Å². The van der Waals surface area contributed by atoms with Crippen molar-refractivity contribution >= 4 is 71.5 Å². The Labute approximate surface area is 422 Å². The summed E-state index contributed by atoms with van der Waals surface area (Å²) in [6.45, 7) is 0. The van der Waals surface area contributed by atoms with Crippen LogP contribution in [-0.4, -0.2) is 0 Å². The van der Waals surface area contributed by atoms with Crippen molar-refractivity contribution < 1.29 is 81.5 Å². The fourth-order valence-corrected chi connectivity index (χ4v) is 14.7. The second kappa shape index (κ2) is 32.1. The molecule has 0 heterocycles. The van der Waals surface area contributed by atoms with Crippen LogP contribution >= 0.6 is 23.8 Å². The number of hydrogen-bond acceptors (Lipinski definition) is 0. The van der Waals surface area contributed by atoms with Crippen molar-refractivity contribution in [2.24, 2.45) is 0 Å². The van der Waals surface area contributed by atoms with Crippen LogP contribution in [0, 0.1) is 0 Å². The van der Waals surface area contributed by atoms with Crippen molar-refractivity contribution in [3.63, 3.8) is 0 Å². The molecule has 0 saturated carbocycles. The van der Waals surface area contributed by atoms with Crippen molar-refractivity contribution in [3.8, 4) is 0 Å². The first-order chi connectivity index (χ1) is 28.3. The van der Waals surface area contributed by atoms with Crippen LogP contribution in [0.2, 0.25) is 0 Å². The van der Waals surface area contributed by atoms with Gasteiger partial charge in [-0.2, -0.15) is 0 Å². The number of benzene rings is 9. The van der Waals surface area contributed by atoms with Crippen molar-refractivity contribution in [3.05, 3.63) is 273 Å². The van der Waals surface area contributed by atoms with Gasteiger partial charge in [0, 0.05) is 0 Å². The van der Waals surface area contributed by atoms with Crippen molar-refractivity contribution in [2.45, 2.75) is 0 Å². The fourth-order valence-electron chi connectivity index (χ4n) is 6.94. The van der Waals surface area contributed by atoms with Crippen LogP contribution in [0.3, 0.4) is 0 Å². The van der Waals surface area contributed by atoms with Gasteiger partial charge in [-0.15, -0.1) is 0 Å². The molecule has 0 aliphatic heterocycles. The zero-order valence-corrected chi connectivity index (χ0v) is 42.7. The molecule has 0 bridgehead atoms. The summed E-state index contributed by atoms with van der Waals surface area (Å²) in [5.41, 5.74) is 0. The number of rotatable bonds is 9. The van der Waals surface area contributed by atoms with E-state index in [-0.39, 0.29) is 81.5 Å². The van der Waals surface area contributed by atoms with Gasteiger partial charge < -0.3 is 62.0 Å². The summed E-state index contributed by atoms with van der Waals surface area (Å²) < 4.78 is 0. The molecule has 0 saturated heterocycles. The van der Waals surface area contributed by atoms with E-state index in [0.717, 1.165) is 0 Å². The average molecular weight is 1070 g/mol. The van der Waals surface area contributed by atoms with Crippen LogP contribution < -0.4 is 110 Å². The normalized spacial score (nSPS) is 9.57. The summed E-state index contributed by atoms with van der Waals surface area (Å²) in [5.74, 6) is 0. The molecule has 322 valence electrons. The zero-order valence-electron chi connectivity index (χ0n) is 34.2. The van der Waals surface area contributed by atoms with Crippen molar-refractivity contribution in [2.75, 3.05) is 0 Å². The van der Waals surface area contributed by atoms with E-state index in [1.165, 1.54) is 47.7 Å². The Morgan fingerprint density at radius 2 is 0.222 bits per heavy atom. The largest absolute Gasteiger partial charge is 2.00 e. The van der Waals surface area contributed by atoms with E-state index < -0.39 is 23.8 Å².